The maximum Gasteiger partial charge on any atom is 0.257 e. The van der Waals surface area contributed by atoms with E-state index in [2.05, 4.69) is 27.0 Å². The molecule has 2 aromatic rings. The average molecular weight is 340 g/mol. The van der Waals surface area contributed by atoms with Gasteiger partial charge in [0.05, 0.1) is 18.2 Å². The Morgan fingerprint density at radius 3 is 2.56 bits per heavy atom. The van der Waals surface area contributed by atoms with Crippen LogP contribution in [0.15, 0.2) is 42.7 Å². The molecule has 1 saturated heterocycles. The lowest BCUT2D eigenvalue weighted by Gasteiger charge is -2.40. The molecule has 25 heavy (non-hydrogen) atoms. The van der Waals surface area contributed by atoms with E-state index >= 15 is 0 Å². The molecule has 6 nitrogen and oxygen atoms in total. The lowest BCUT2D eigenvalue weighted by Crippen LogP contribution is -2.56. The fourth-order valence-corrected chi connectivity index (χ4v) is 3.14. The number of amides is 1. The third kappa shape index (κ3) is 4.21. The lowest BCUT2D eigenvalue weighted by molar-refractivity contribution is 0.0281. The van der Waals surface area contributed by atoms with Crippen molar-refractivity contribution in [3.8, 4) is 0 Å². The van der Waals surface area contributed by atoms with Gasteiger partial charge >= 0.3 is 0 Å². The minimum atomic E-state index is -0.212. The van der Waals surface area contributed by atoms with Gasteiger partial charge in [-0.1, -0.05) is 37.3 Å². The first kappa shape index (κ1) is 17.5. The summed E-state index contributed by atoms with van der Waals surface area (Å²) in [6.45, 7) is 4.78. The Labute approximate surface area is 148 Å². The van der Waals surface area contributed by atoms with Crippen molar-refractivity contribution in [3.63, 3.8) is 0 Å². The molecule has 0 radical (unpaired) electrons. The average Bonchev–Trinajstić information content (AvgIpc) is 2.68. The largest absolute Gasteiger partial charge is 0.394 e. The van der Waals surface area contributed by atoms with Gasteiger partial charge in [0.15, 0.2) is 0 Å². The second kappa shape index (κ2) is 8.18. The predicted molar refractivity (Wildman–Crippen MR) is 95.0 cm³/mol. The second-order valence-corrected chi connectivity index (χ2v) is 6.30. The molecule has 132 valence electrons. The summed E-state index contributed by atoms with van der Waals surface area (Å²) in [5.41, 5.74) is 1.72. The van der Waals surface area contributed by atoms with Crippen LogP contribution in [-0.4, -0.2) is 63.1 Å². The van der Waals surface area contributed by atoms with E-state index in [0.717, 1.165) is 25.3 Å². The first-order valence-corrected chi connectivity index (χ1v) is 8.70. The molecular formula is C19H24N4O2. The highest BCUT2D eigenvalue weighted by molar-refractivity contribution is 5.94. The van der Waals surface area contributed by atoms with E-state index in [1.807, 2.05) is 25.1 Å². The number of rotatable bonds is 5. The van der Waals surface area contributed by atoms with E-state index in [9.17, 15) is 9.90 Å². The molecule has 1 N–H and O–H groups in total. The van der Waals surface area contributed by atoms with Crippen LogP contribution >= 0.6 is 0 Å². The van der Waals surface area contributed by atoms with E-state index in [4.69, 9.17) is 0 Å². The summed E-state index contributed by atoms with van der Waals surface area (Å²) in [6, 6.07) is 10.0. The number of hydrogen-bond donors (Lipinski definition) is 1. The van der Waals surface area contributed by atoms with Crippen molar-refractivity contribution in [2.75, 3.05) is 26.2 Å². The third-order valence-electron chi connectivity index (χ3n) is 4.56. The highest BCUT2D eigenvalue weighted by atomic mass is 16.3. The van der Waals surface area contributed by atoms with Crippen LogP contribution in [0.5, 0.6) is 0 Å². The topological polar surface area (TPSA) is 69.6 Å². The molecule has 0 spiro atoms. The predicted octanol–water partition coefficient (Wildman–Crippen LogP) is 1.36. The van der Waals surface area contributed by atoms with Crippen LogP contribution in [0.4, 0.5) is 0 Å². The Bertz CT molecular complexity index is 690. The van der Waals surface area contributed by atoms with Crippen molar-refractivity contribution in [2.45, 2.75) is 25.9 Å². The summed E-state index contributed by atoms with van der Waals surface area (Å²) < 4.78 is 0. The van der Waals surface area contributed by atoms with E-state index in [1.54, 1.807) is 17.3 Å². The normalized spacial score (nSPS) is 18.3. The Balaban J connectivity index is 1.65. The van der Waals surface area contributed by atoms with Crippen molar-refractivity contribution >= 4 is 5.91 Å². The zero-order chi connectivity index (χ0) is 17.6. The zero-order valence-corrected chi connectivity index (χ0v) is 14.5. The van der Waals surface area contributed by atoms with Crippen LogP contribution in [0, 0.1) is 0 Å². The van der Waals surface area contributed by atoms with Crippen LogP contribution in [0.2, 0.25) is 0 Å². The van der Waals surface area contributed by atoms with Crippen molar-refractivity contribution in [1.29, 1.82) is 0 Å². The second-order valence-electron chi connectivity index (χ2n) is 6.30. The van der Waals surface area contributed by atoms with Gasteiger partial charge in [-0.2, -0.15) is 0 Å². The summed E-state index contributed by atoms with van der Waals surface area (Å²) >= 11 is 0. The van der Waals surface area contributed by atoms with E-state index in [1.165, 1.54) is 5.56 Å². The number of aryl methyl sites for hydroxylation is 1. The molecule has 1 aromatic carbocycles. The number of carbonyl (C=O) groups is 1. The van der Waals surface area contributed by atoms with Crippen molar-refractivity contribution in [2.24, 2.45) is 0 Å². The highest BCUT2D eigenvalue weighted by Crippen LogP contribution is 2.16. The smallest absolute Gasteiger partial charge is 0.257 e. The third-order valence-corrected chi connectivity index (χ3v) is 4.56. The van der Waals surface area contributed by atoms with Gasteiger partial charge in [0.1, 0.15) is 5.82 Å². The Hall–Kier alpha value is -2.31. The van der Waals surface area contributed by atoms with E-state index in [-0.39, 0.29) is 18.6 Å². The zero-order valence-electron chi connectivity index (χ0n) is 14.5. The summed E-state index contributed by atoms with van der Waals surface area (Å²) in [5.74, 6) is 0.615. The Morgan fingerprint density at radius 1 is 1.20 bits per heavy atom. The fraction of sp³-hybridized carbons (Fsp3) is 0.421. The van der Waals surface area contributed by atoms with Crippen LogP contribution < -0.4 is 0 Å². The summed E-state index contributed by atoms with van der Waals surface area (Å²) in [7, 11) is 0. The fourth-order valence-electron chi connectivity index (χ4n) is 3.14. The summed E-state index contributed by atoms with van der Waals surface area (Å²) in [4.78, 5) is 25.2. The number of hydrogen-bond acceptors (Lipinski definition) is 5. The lowest BCUT2D eigenvalue weighted by atomic mass is 10.1. The van der Waals surface area contributed by atoms with Crippen LogP contribution in [0.25, 0.3) is 0 Å². The molecular weight excluding hydrogens is 316 g/mol. The van der Waals surface area contributed by atoms with Crippen LogP contribution in [0.1, 0.15) is 28.7 Å². The molecule has 1 amide bonds. The Morgan fingerprint density at radius 2 is 1.92 bits per heavy atom. The van der Waals surface area contributed by atoms with Gasteiger partial charge in [-0.15, -0.1) is 0 Å². The molecule has 0 saturated carbocycles. The molecule has 0 aliphatic carbocycles. The number of piperazine rings is 1. The molecule has 1 fully saturated rings. The Kier molecular flexibility index (Phi) is 5.73. The van der Waals surface area contributed by atoms with Gasteiger partial charge in [0.2, 0.25) is 0 Å². The first-order valence-electron chi connectivity index (χ1n) is 8.70. The highest BCUT2D eigenvalue weighted by Gasteiger charge is 2.30. The number of nitrogens with zero attached hydrogens (tertiary/aromatic N) is 4. The van der Waals surface area contributed by atoms with Crippen molar-refractivity contribution < 1.29 is 9.90 Å². The molecule has 0 bridgehead atoms. The van der Waals surface area contributed by atoms with E-state index in [0.29, 0.717) is 18.7 Å². The molecule has 1 aliphatic rings. The minimum Gasteiger partial charge on any atom is -0.394 e. The summed E-state index contributed by atoms with van der Waals surface area (Å²) in [5, 5.41) is 9.77. The quantitative estimate of drug-likeness (QED) is 0.890. The molecule has 1 aromatic heterocycles. The van der Waals surface area contributed by atoms with Crippen molar-refractivity contribution in [1.82, 2.24) is 19.8 Å². The van der Waals surface area contributed by atoms with Gasteiger partial charge in [-0.05, 0) is 5.56 Å². The molecule has 1 atom stereocenters. The van der Waals surface area contributed by atoms with Gasteiger partial charge in [-0.25, -0.2) is 9.97 Å². The number of carbonyl (C=O) groups excluding carboxylic acids is 1. The molecule has 0 unspecified atom stereocenters. The van der Waals surface area contributed by atoms with Crippen LogP contribution in [0.3, 0.4) is 0 Å². The number of aliphatic hydroxyl groups excluding tert-OH is 1. The van der Waals surface area contributed by atoms with Crippen LogP contribution in [-0.2, 0) is 13.0 Å². The van der Waals surface area contributed by atoms with Gasteiger partial charge in [-0.3, -0.25) is 9.69 Å². The van der Waals surface area contributed by atoms with E-state index < -0.39 is 0 Å². The number of aromatic nitrogens is 2. The molecule has 6 heteroatoms. The van der Waals surface area contributed by atoms with Gasteiger partial charge < -0.3 is 10.0 Å². The standard InChI is InChI=1S/C19H24N4O2/c1-2-18-20-10-16(11-21-18)19(25)23-9-8-22(13-17(23)14-24)12-15-6-4-3-5-7-15/h3-7,10-11,17,24H,2,8-9,12-14H2,1H3/t17-/m0/s1. The van der Waals surface area contributed by atoms with Gasteiger partial charge in [0, 0.05) is 45.0 Å². The molecule has 2 heterocycles. The number of benzene rings is 1. The maximum atomic E-state index is 12.7. The molecule has 3 rings (SSSR count). The first-order chi connectivity index (χ1) is 12.2. The van der Waals surface area contributed by atoms with Gasteiger partial charge in [0.25, 0.3) is 5.91 Å². The number of aliphatic hydroxyl groups is 1. The molecule has 1 aliphatic heterocycles. The maximum absolute atomic E-state index is 12.7. The monoisotopic (exact) mass is 340 g/mol. The summed E-state index contributed by atoms with van der Waals surface area (Å²) in [6.07, 6.45) is 3.91. The minimum absolute atomic E-state index is 0.0507. The van der Waals surface area contributed by atoms with Crippen molar-refractivity contribution in [3.05, 3.63) is 59.7 Å². The SMILES string of the molecule is CCc1ncc(C(=O)N2CCN(Cc3ccccc3)C[C@H]2CO)cn1.